The molecule has 0 spiro atoms. The maximum absolute atomic E-state index is 14.4. The third-order valence-electron chi connectivity index (χ3n) is 6.22. The molecular weight excluding hydrogens is 480 g/mol. The van der Waals surface area contributed by atoms with Crippen LogP contribution in [0.5, 0.6) is 0 Å². The Bertz CT molecular complexity index is 1320. The average Bonchev–Trinajstić information content (AvgIpc) is 3.52. The van der Waals surface area contributed by atoms with Crippen LogP contribution in [0.4, 0.5) is 19.9 Å². The SMILES string of the molecule is CCN(C[C@@H]1CCCC1Nc1nc2c(-c3ccc(F)cc3Cl)cc(F)cn2n1)c1nc(C)ns1. The van der Waals surface area contributed by atoms with Crippen LogP contribution in [0.3, 0.4) is 0 Å². The number of nitrogens with one attached hydrogen (secondary N) is 1. The molecule has 7 nitrogen and oxygen atoms in total. The fourth-order valence-corrected chi connectivity index (χ4v) is 5.59. The van der Waals surface area contributed by atoms with E-state index in [1.165, 1.54) is 46.5 Å². The summed E-state index contributed by atoms with van der Waals surface area (Å²) in [6.45, 7) is 5.74. The molecule has 11 heteroatoms. The summed E-state index contributed by atoms with van der Waals surface area (Å²) >= 11 is 7.67. The molecule has 1 aliphatic rings. The van der Waals surface area contributed by atoms with Crippen LogP contribution in [-0.2, 0) is 0 Å². The lowest BCUT2D eigenvalue weighted by molar-refractivity contribution is 0.494. The molecule has 0 amide bonds. The van der Waals surface area contributed by atoms with Gasteiger partial charge in [-0.15, -0.1) is 5.10 Å². The first-order valence-corrected chi connectivity index (χ1v) is 12.4. The molecule has 1 fully saturated rings. The van der Waals surface area contributed by atoms with Gasteiger partial charge in [0.2, 0.25) is 11.1 Å². The van der Waals surface area contributed by atoms with E-state index in [2.05, 4.69) is 36.6 Å². The number of aromatic nitrogens is 5. The third kappa shape index (κ3) is 4.56. The van der Waals surface area contributed by atoms with Crippen molar-refractivity contribution in [1.82, 2.24) is 24.0 Å². The number of pyridine rings is 1. The van der Waals surface area contributed by atoms with Gasteiger partial charge in [-0.3, -0.25) is 0 Å². The smallest absolute Gasteiger partial charge is 0.243 e. The van der Waals surface area contributed by atoms with Crippen molar-refractivity contribution in [2.24, 2.45) is 5.92 Å². The lowest BCUT2D eigenvalue weighted by Crippen LogP contribution is -2.36. The number of anilines is 2. The van der Waals surface area contributed by atoms with Gasteiger partial charge in [0.1, 0.15) is 17.5 Å². The zero-order chi connectivity index (χ0) is 23.8. The van der Waals surface area contributed by atoms with Crippen molar-refractivity contribution in [3.8, 4) is 11.1 Å². The lowest BCUT2D eigenvalue weighted by atomic mass is 10.0. The maximum Gasteiger partial charge on any atom is 0.243 e. The molecule has 3 aromatic heterocycles. The molecule has 0 aliphatic heterocycles. The molecule has 0 saturated heterocycles. The van der Waals surface area contributed by atoms with Gasteiger partial charge < -0.3 is 10.2 Å². The standard InChI is InChI=1S/C23H24ClF2N7S/c1-3-32(23-27-13(2)31-34-23)11-14-5-4-6-20(14)28-22-29-21-18(9-16(26)12-33(21)30-22)17-8-7-15(25)10-19(17)24/h7-10,12,14,20H,3-6,11H2,1-2H3,(H,28,30)/t14-,20?/m0/s1. The summed E-state index contributed by atoms with van der Waals surface area (Å²) in [5.41, 5.74) is 1.40. The number of aryl methyl sites for hydroxylation is 1. The van der Waals surface area contributed by atoms with Crippen molar-refractivity contribution in [1.29, 1.82) is 0 Å². The first-order valence-electron chi connectivity index (χ1n) is 11.2. The summed E-state index contributed by atoms with van der Waals surface area (Å²) in [7, 11) is 0. The van der Waals surface area contributed by atoms with Gasteiger partial charge in [0.25, 0.3) is 0 Å². The topological polar surface area (TPSA) is 71.2 Å². The Kier molecular flexibility index (Phi) is 6.35. The Labute approximate surface area is 205 Å². The van der Waals surface area contributed by atoms with Crippen LogP contribution in [-0.4, -0.2) is 43.1 Å². The molecule has 4 aromatic rings. The van der Waals surface area contributed by atoms with Crippen molar-refractivity contribution < 1.29 is 8.78 Å². The maximum atomic E-state index is 14.4. The van der Waals surface area contributed by atoms with E-state index in [0.717, 1.165) is 43.3 Å². The molecule has 3 heterocycles. The molecule has 1 aliphatic carbocycles. The number of benzene rings is 1. The first-order chi connectivity index (χ1) is 16.4. The summed E-state index contributed by atoms with van der Waals surface area (Å²) in [6.07, 6.45) is 4.47. The number of rotatable bonds is 7. The van der Waals surface area contributed by atoms with Crippen molar-refractivity contribution >= 4 is 39.9 Å². The quantitative estimate of drug-likeness (QED) is 0.354. The lowest BCUT2D eigenvalue weighted by Gasteiger charge is -2.27. The second-order valence-corrected chi connectivity index (χ2v) is 9.64. The highest BCUT2D eigenvalue weighted by Gasteiger charge is 2.30. The van der Waals surface area contributed by atoms with Crippen molar-refractivity contribution in [2.75, 3.05) is 23.3 Å². The van der Waals surface area contributed by atoms with Crippen LogP contribution < -0.4 is 10.2 Å². The molecule has 0 bridgehead atoms. The first kappa shape index (κ1) is 22.9. The minimum atomic E-state index is -0.482. The van der Waals surface area contributed by atoms with Crippen LogP contribution in [0.1, 0.15) is 32.0 Å². The second-order valence-electron chi connectivity index (χ2n) is 8.50. The van der Waals surface area contributed by atoms with Crippen molar-refractivity contribution in [2.45, 2.75) is 39.2 Å². The Hall–Kier alpha value is -2.85. The van der Waals surface area contributed by atoms with Gasteiger partial charge in [-0.1, -0.05) is 18.0 Å². The van der Waals surface area contributed by atoms with Gasteiger partial charge in [0.15, 0.2) is 5.65 Å². The fraction of sp³-hybridized carbons (Fsp3) is 0.391. The van der Waals surface area contributed by atoms with Crippen LogP contribution >= 0.6 is 23.1 Å². The molecule has 5 rings (SSSR count). The van der Waals surface area contributed by atoms with E-state index in [0.29, 0.717) is 28.6 Å². The van der Waals surface area contributed by atoms with E-state index in [9.17, 15) is 8.78 Å². The van der Waals surface area contributed by atoms with E-state index >= 15 is 0 Å². The van der Waals surface area contributed by atoms with E-state index in [4.69, 9.17) is 11.6 Å². The van der Waals surface area contributed by atoms with Gasteiger partial charge in [-0.25, -0.2) is 18.3 Å². The van der Waals surface area contributed by atoms with Crippen molar-refractivity contribution in [3.05, 3.63) is 52.9 Å². The van der Waals surface area contributed by atoms with Crippen LogP contribution in [0.25, 0.3) is 16.8 Å². The van der Waals surface area contributed by atoms with Gasteiger partial charge in [-0.2, -0.15) is 9.36 Å². The van der Waals surface area contributed by atoms with Gasteiger partial charge >= 0.3 is 0 Å². The molecule has 34 heavy (non-hydrogen) atoms. The molecule has 1 N–H and O–H groups in total. The number of nitrogens with zero attached hydrogens (tertiary/aromatic N) is 6. The van der Waals surface area contributed by atoms with E-state index in [1.807, 2.05) is 6.92 Å². The molecular formula is C23H24ClF2N7S. The second kappa shape index (κ2) is 9.42. The summed E-state index contributed by atoms with van der Waals surface area (Å²) in [5.74, 6) is 0.666. The molecule has 178 valence electrons. The highest BCUT2D eigenvalue weighted by molar-refractivity contribution is 7.09. The number of hydrogen-bond acceptors (Lipinski definition) is 7. The van der Waals surface area contributed by atoms with Gasteiger partial charge in [0.05, 0.1) is 11.2 Å². The van der Waals surface area contributed by atoms with E-state index in [1.54, 1.807) is 0 Å². The predicted octanol–water partition coefficient (Wildman–Crippen LogP) is 5.59. The van der Waals surface area contributed by atoms with Gasteiger partial charge in [0, 0.05) is 41.8 Å². The minimum absolute atomic E-state index is 0.184. The predicted molar refractivity (Wildman–Crippen MR) is 131 cm³/mol. The molecule has 1 saturated carbocycles. The monoisotopic (exact) mass is 503 g/mol. The van der Waals surface area contributed by atoms with E-state index < -0.39 is 11.6 Å². The highest BCUT2D eigenvalue weighted by atomic mass is 35.5. The van der Waals surface area contributed by atoms with E-state index in [-0.39, 0.29) is 11.1 Å². The summed E-state index contributed by atoms with van der Waals surface area (Å²) in [4.78, 5) is 11.4. The third-order valence-corrected chi connectivity index (χ3v) is 7.40. The minimum Gasteiger partial charge on any atom is -0.350 e. The summed E-state index contributed by atoms with van der Waals surface area (Å²) in [5, 5.41) is 9.06. The zero-order valence-electron chi connectivity index (χ0n) is 18.8. The Morgan fingerprint density at radius 3 is 2.76 bits per heavy atom. The zero-order valence-corrected chi connectivity index (χ0v) is 20.4. The average molecular weight is 504 g/mol. The summed E-state index contributed by atoms with van der Waals surface area (Å²) < 4.78 is 33.6. The fourth-order valence-electron chi connectivity index (χ4n) is 4.57. The largest absolute Gasteiger partial charge is 0.350 e. The number of halogens is 3. The van der Waals surface area contributed by atoms with Crippen LogP contribution in [0.15, 0.2) is 30.5 Å². The van der Waals surface area contributed by atoms with Crippen molar-refractivity contribution in [3.63, 3.8) is 0 Å². The molecule has 2 atom stereocenters. The highest BCUT2D eigenvalue weighted by Crippen LogP contribution is 2.34. The Morgan fingerprint density at radius 1 is 1.18 bits per heavy atom. The number of fused-ring (bicyclic) bond motifs is 1. The summed E-state index contributed by atoms with van der Waals surface area (Å²) in [6, 6.07) is 5.54. The molecule has 0 radical (unpaired) electrons. The molecule has 1 aromatic carbocycles. The number of hydrogen-bond donors (Lipinski definition) is 1. The normalized spacial score (nSPS) is 18.0. The Morgan fingerprint density at radius 2 is 2.03 bits per heavy atom. The van der Waals surface area contributed by atoms with Crippen LogP contribution in [0, 0.1) is 24.5 Å². The Balaban J connectivity index is 1.40. The van der Waals surface area contributed by atoms with Crippen LogP contribution in [0.2, 0.25) is 5.02 Å². The van der Waals surface area contributed by atoms with Gasteiger partial charge in [-0.05, 0) is 56.9 Å². The molecule has 1 unspecified atom stereocenters.